The van der Waals surface area contributed by atoms with Crippen molar-refractivity contribution in [3.63, 3.8) is 0 Å². The quantitative estimate of drug-likeness (QED) is 0.639. The van der Waals surface area contributed by atoms with Crippen LogP contribution in [0.3, 0.4) is 0 Å². The minimum atomic E-state index is -0.876. The van der Waals surface area contributed by atoms with E-state index in [4.69, 9.17) is 4.52 Å². The van der Waals surface area contributed by atoms with Crippen LogP contribution >= 0.6 is 0 Å². The smallest absolute Gasteiger partial charge is 0.228 e. The zero-order valence-corrected chi connectivity index (χ0v) is 17.6. The van der Waals surface area contributed by atoms with Crippen molar-refractivity contribution in [2.24, 2.45) is 5.41 Å². The topological polar surface area (TPSA) is 75.4 Å². The van der Waals surface area contributed by atoms with Crippen LogP contribution in [0.2, 0.25) is 0 Å². The van der Waals surface area contributed by atoms with E-state index in [9.17, 15) is 18.4 Å². The molecule has 1 aliphatic rings. The largest absolute Gasteiger partial charge is 0.361 e. The Labute approximate surface area is 184 Å². The maximum absolute atomic E-state index is 13.9. The molecule has 6 nitrogen and oxygen atoms in total. The van der Waals surface area contributed by atoms with E-state index in [1.54, 1.807) is 48.3 Å². The number of hydrogen-bond donors (Lipinski definition) is 1. The van der Waals surface area contributed by atoms with Gasteiger partial charge in [0.2, 0.25) is 11.8 Å². The fourth-order valence-corrected chi connectivity index (χ4v) is 4.16. The third-order valence-corrected chi connectivity index (χ3v) is 5.93. The molecule has 1 saturated heterocycles. The molecule has 32 heavy (non-hydrogen) atoms. The normalized spacial score (nSPS) is 18.0. The Morgan fingerprint density at radius 2 is 1.91 bits per heavy atom. The molecule has 0 radical (unpaired) electrons. The number of amides is 2. The van der Waals surface area contributed by atoms with Crippen LogP contribution in [0.1, 0.15) is 17.7 Å². The van der Waals surface area contributed by atoms with Gasteiger partial charge >= 0.3 is 0 Å². The van der Waals surface area contributed by atoms with Crippen molar-refractivity contribution < 1.29 is 22.9 Å². The van der Waals surface area contributed by atoms with Crippen molar-refractivity contribution in [2.75, 3.05) is 20.1 Å². The van der Waals surface area contributed by atoms with Crippen LogP contribution < -0.4 is 5.32 Å². The van der Waals surface area contributed by atoms with Crippen molar-refractivity contribution in [2.45, 2.75) is 19.3 Å². The van der Waals surface area contributed by atoms with Crippen molar-refractivity contribution in [1.82, 2.24) is 15.4 Å². The Morgan fingerprint density at radius 3 is 2.62 bits per heavy atom. The van der Waals surface area contributed by atoms with Gasteiger partial charge in [0.15, 0.2) is 0 Å². The Kier molecular flexibility index (Phi) is 6.03. The third kappa shape index (κ3) is 4.39. The van der Waals surface area contributed by atoms with Gasteiger partial charge in [0.1, 0.15) is 23.1 Å². The number of halogens is 2. The number of aromatic nitrogens is 1. The zero-order valence-electron chi connectivity index (χ0n) is 17.6. The van der Waals surface area contributed by atoms with Crippen LogP contribution in [-0.4, -0.2) is 42.0 Å². The molecule has 1 aliphatic heterocycles. The summed E-state index contributed by atoms with van der Waals surface area (Å²) in [5, 5.41) is 6.73. The standard InChI is InChI=1S/C24H23F2N3O3/c1-27-23(31)24(14-19-13-21(28-32-19)16-6-8-18(25)9-7-16)10-11-29(15-24)22(30)12-17-4-2-3-5-20(17)26/h2-9,13H,10-12,14-15H2,1H3,(H,27,31). The molecule has 1 aromatic heterocycles. The highest BCUT2D eigenvalue weighted by atomic mass is 19.1. The number of hydrogen-bond acceptors (Lipinski definition) is 4. The highest BCUT2D eigenvalue weighted by Gasteiger charge is 2.46. The fourth-order valence-electron chi connectivity index (χ4n) is 4.16. The summed E-state index contributed by atoms with van der Waals surface area (Å²) >= 11 is 0. The molecular formula is C24H23F2N3O3. The third-order valence-electron chi connectivity index (χ3n) is 5.93. The molecule has 2 amide bonds. The molecule has 8 heteroatoms. The Balaban J connectivity index is 1.50. The lowest BCUT2D eigenvalue weighted by molar-refractivity contribution is -0.132. The van der Waals surface area contributed by atoms with Crippen molar-refractivity contribution >= 4 is 11.8 Å². The van der Waals surface area contributed by atoms with E-state index in [1.165, 1.54) is 18.2 Å². The van der Waals surface area contributed by atoms with Crippen LogP contribution in [-0.2, 0) is 22.4 Å². The predicted molar refractivity (Wildman–Crippen MR) is 113 cm³/mol. The maximum atomic E-state index is 13.9. The number of rotatable bonds is 6. The lowest BCUT2D eigenvalue weighted by Crippen LogP contribution is -2.44. The summed E-state index contributed by atoms with van der Waals surface area (Å²) in [4.78, 5) is 27.2. The molecule has 1 N–H and O–H groups in total. The van der Waals surface area contributed by atoms with Gasteiger partial charge in [0.05, 0.1) is 11.8 Å². The maximum Gasteiger partial charge on any atom is 0.228 e. The summed E-state index contributed by atoms with van der Waals surface area (Å²) in [5.41, 5.74) is 0.689. The lowest BCUT2D eigenvalue weighted by atomic mass is 9.81. The van der Waals surface area contributed by atoms with E-state index in [0.29, 0.717) is 35.5 Å². The Bertz CT molecular complexity index is 1130. The number of benzene rings is 2. The molecule has 1 unspecified atom stereocenters. The SMILES string of the molecule is CNC(=O)C1(Cc2cc(-c3ccc(F)cc3)no2)CCN(C(=O)Cc2ccccc2F)C1. The molecule has 0 spiro atoms. The van der Waals surface area contributed by atoms with Crippen molar-refractivity contribution in [3.8, 4) is 11.3 Å². The van der Waals surface area contributed by atoms with Crippen LogP contribution in [0.15, 0.2) is 59.1 Å². The molecule has 1 atom stereocenters. The Hall–Kier alpha value is -3.55. The van der Waals surface area contributed by atoms with Gasteiger partial charge in [0, 0.05) is 38.2 Å². The highest BCUT2D eigenvalue weighted by Crippen LogP contribution is 2.36. The molecule has 166 valence electrons. The first kappa shape index (κ1) is 21.7. The van der Waals surface area contributed by atoms with Crippen LogP contribution in [0.5, 0.6) is 0 Å². The molecule has 4 rings (SSSR count). The summed E-state index contributed by atoms with van der Waals surface area (Å²) in [6.07, 6.45) is 0.639. The number of nitrogens with zero attached hydrogens (tertiary/aromatic N) is 2. The average molecular weight is 439 g/mol. The van der Waals surface area contributed by atoms with Crippen molar-refractivity contribution in [3.05, 3.63) is 77.6 Å². The van der Waals surface area contributed by atoms with E-state index >= 15 is 0 Å². The molecular weight excluding hydrogens is 416 g/mol. The van der Waals surface area contributed by atoms with Gasteiger partial charge in [-0.15, -0.1) is 0 Å². The van der Waals surface area contributed by atoms with Crippen LogP contribution in [0.25, 0.3) is 11.3 Å². The lowest BCUT2D eigenvalue weighted by Gasteiger charge is -2.26. The van der Waals surface area contributed by atoms with Gasteiger partial charge in [-0.05, 0) is 42.3 Å². The van der Waals surface area contributed by atoms with Gasteiger partial charge in [-0.2, -0.15) is 0 Å². The molecule has 0 aliphatic carbocycles. The number of carbonyl (C=O) groups excluding carboxylic acids is 2. The predicted octanol–water partition coefficient (Wildman–Crippen LogP) is 3.37. The average Bonchev–Trinajstić information content (AvgIpc) is 3.44. The van der Waals surface area contributed by atoms with Crippen LogP contribution in [0, 0.1) is 17.0 Å². The summed E-state index contributed by atoms with van der Waals surface area (Å²) in [7, 11) is 1.55. The first-order chi connectivity index (χ1) is 15.4. The first-order valence-corrected chi connectivity index (χ1v) is 10.3. The zero-order chi connectivity index (χ0) is 22.7. The van der Waals surface area contributed by atoms with Gasteiger partial charge in [-0.25, -0.2) is 8.78 Å². The minimum absolute atomic E-state index is 0.0620. The van der Waals surface area contributed by atoms with Gasteiger partial charge < -0.3 is 14.7 Å². The summed E-state index contributed by atoms with van der Waals surface area (Å²) in [6, 6.07) is 13.8. The van der Waals surface area contributed by atoms with Gasteiger partial charge in [-0.3, -0.25) is 9.59 Å². The monoisotopic (exact) mass is 439 g/mol. The second kappa shape index (κ2) is 8.90. The van der Waals surface area contributed by atoms with E-state index in [0.717, 1.165) is 0 Å². The van der Waals surface area contributed by atoms with E-state index < -0.39 is 11.2 Å². The molecule has 1 fully saturated rings. The van der Waals surface area contributed by atoms with Gasteiger partial charge in [-0.1, -0.05) is 23.4 Å². The van der Waals surface area contributed by atoms with Gasteiger partial charge in [0.25, 0.3) is 0 Å². The molecule has 0 bridgehead atoms. The van der Waals surface area contributed by atoms with E-state index in [1.807, 2.05) is 0 Å². The fraction of sp³-hybridized carbons (Fsp3) is 0.292. The molecule has 2 aromatic carbocycles. The first-order valence-electron chi connectivity index (χ1n) is 10.3. The molecule has 3 aromatic rings. The number of nitrogens with one attached hydrogen (secondary N) is 1. The molecule has 2 heterocycles. The molecule has 0 saturated carbocycles. The van der Waals surface area contributed by atoms with Crippen molar-refractivity contribution in [1.29, 1.82) is 0 Å². The second-order valence-corrected chi connectivity index (χ2v) is 8.06. The van der Waals surface area contributed by atoms with E-state index in [2.05, 4.69) is 10.5 Å². The number of carbonyl (C=O) groups is 2. The number of likely N-dealkylation sites (tertiary alicyclic amines) is 1. The minimum Gasteiger partial charge on any atom is -0.361 e. The summed E-state index contributed by atoms with van der Waals surface area (Å²) in [6.45, 7) is 0.589. The Morgan fingerprint density at radius 1 is 1.16 bits per heavy atom. The highest BCUT2D eigenvalue weighted by molar-refractivity contribution is 5.86. The summed E-state index contributed by atoms with van der Waals surface area (Å²) in [5.74, 6) is -0.699. The second-order valence-electron chi connectivity index (χ2n) is 8.06. The van der Waals surface area contributed by atoms with E-state index in [-0.39, 0.29) is 37.0 Å². The van der Waals surface area contributed by atoms with Crippen LogP contribution in [0.4, 0.5) is 8.78 Å². The summed E-state index contributed by atoms with van der Waals surface area (Å²) < 4.78 is 32.6.